The second-order valence-corrected chi connectivity index (χ2v) is 3.54. The lowest BCUT2D eigenvalue weighted by Gasteiger charge is -2.07. The van der Waals surface area contributed by atoms with E-state index < -0.39 is 0 Å². The maximum absolute atomic E-state index is 10.9. The van der Waals surface area contributed by atoms with Gasteiger partial charge in [0, 0.05) is 19.6 Å². The molecule has 116 valence electrons. The molecule has 0 aromatic rings. The molecule has 0 aromatic carbocycles. The van der Waals surface area contributed by atoms with Gasteiger partial charge in [0.25, 0.3) is 0 Å². The molecule has 0 aliphatic rings. The van der Waals surface area contributed by atoms with Crippen LogP contribution in [0.5, 0.6) is 0 Å². The molecular weight excluding hydrogens is 246 g/mol. The van der Waals surface area contributed by atoms with Crippen molar-refractivity contribution in [2.24, 2.45) is 0 Å². The van der Waals surface area contributed by atoms with Crippen LogP contribution < -0.4 is 5.32 Å². The van der Waals surface area contributed by atoms with Crippen LogP contribution >= 0.6 is 0 Å². The zero-order chi connectivity index (χ0) is 14.8. The normalized spacial score (nSPS) is 9.68. The lowest BCUT2D eigenvalue weighted by molar-refractivity contribution is -0.121. The number of rotatable bonds is 12. The second-order valence-electron chi connectivity index (χ2n) is 3.54. The van der Waals surface area contributed by atoms with Crippen LogP contribution in [0.4, 0.5) is 0 Å². The molecule has 5 nitrogen and oxygen atoms in total. The molecule has 0 saturated carbocycles. The number of hydrogen-bond donors (Lipinski definition) is 1. The lowest BCUT2D eigenvalue weighted by Crippen LogP contribution is -2.26. The monoisotopic (exact) mass is 277 g/mol. The first-order valence-electron chi connectivity index (χ1n) is 7.31. The van der Waals surface area contributed by atoms with Crippen molar-refractivity contribution in [1.29, 1.82) is 0 Å². The highest BCUT2D eigenvalue weighted by Crippen LogP contribution is 1.83. The number of hydrogen-bond acceptors (Lipinski definition) is 4. The van der Waals surface area contributed by atoms with Gasteiger partial charge in [0.15, 0.2) is 0 Å². The third-order valence-corrected chi connectivity index (χ3v) is 1.98. The summed E-state index contributed by atoms with van der Waals surface area (Å²) in [6.07, 6.45) is 1.55. The summed E-state index contributed by atoms with van der Waals surface area (Å²) in [5.41, 5.74) is 0. The van der Waals surface area contributed by atoms with E-state index in [9.17, 15) is 4.79 Å². The van der Waals surface area contributed by atoms with E-state index >= 15 is 0 Å². The molecular formula is C14H31NO4. The van der Waals surface area contributed by atoms with Crippen LogP contribution in [0, 0.1) is 0 Å². The van der Waals surface area contributed by atoms with Gasteiger partial charge < -0.3 is 19.5 Å². The van der Waals surface area contributed by atoms with Crippen LogP contribution in [0.2, 0.25) is 0 Å². The second kappa shape index (κ2) is 19.7. The molecule has 19 heavy (non-hydrogen) atoms. The van der Waals surface area contributed by atoms with Crippen LogP contribution in [-0.4, -0.2) is 52.1 Å². The Balaban J connectivity index is 0. The van der Waals surface area contributed by atoms with Crippen LogP contribution in [0.1, 0.15) is 40.5 Å². The van der Waals surface area contributed by atoms with E-state index in [1.807, 2.05) is 20.8 Å². The van der Waals surface area contributed by atoms with Gasteiger partial charge in [-0.05, 0) is 6.42 Å². The number of carbonyl (C=O) groups excluding carboxylic acids is 1. The number of nitrogens with one attached hydrogen (secondary N) is 1. The van der Waals surface area contributed by atoms with E-state index in [4.69, 9.17) is 14.2 Å². The molecule has 0 fully saturated rings. The van der Waals surface area contributed by atoms with Crippen molar-refractivity contribution in [3.05, 3.63) is 0 Å². The van der Waals surface area contributed by atoms with E-state index in [1.165, 1.54) is 0 Å². The van der Waals surface area contributed by atoms with Gasteiger partial charge in [0.1, 0.15) is 0 Å². The lowest BCUT2D eigenvalue weighted by atomic mass is 10.4. The minimum absolute atomic E-state index is 0.0536. The third-order valence-electron chi connectivity index (χ3n) is 1.98. The van der Waals surface area contributed by atoms with E-state index in [0.717, 1.165) is 13.0 Å². The van der Waals surface area contributed by atoms with Crippen LogP contribution in [0.25, 0.3) is 0 Å². The standard InChI is InChI=1S/C12H25NO4.C2H6/c1-3-6-15-8-10-17-11-9-16-7-5-13-12(14)4-2;1-2/h3-11H2,1-2H3,(H,13,14);1-2H3. The number of amides is 1. The highest BCUT2D eigenvalue weighted by molar-refractivity contribution is 5.75. The molecule has 0 rings (SSSR count). The van der Waals surface area contributed by atoms with Crippen molar-refractivity contribution in [3.8, 4) is 0 Å². The summed E-state index contributed by atoms with van der Waals surface area (Å²) in [4.78, 5) is 10.9. The van der Waals surface area contributed by atoms with Crippen LogP contribution in [0.3, 0.4) is 0 Å². The molecule has 0 spiro atoms. The van der Waals surface area contributed by atoms with Crippen molar-refractivity contribution in [2.75, 3.05) is 46.2 Å². The average Bonchev–Trinajstić information content (AvgIpc) is 2.46. The fourth-order valence-electron chi connectivity index (χ4n) is 1.07. The number of carbonyl (C=O) groups is 1. The molecule has 0 bridgehead atoms. The predicted octanol–water partition coefficient (Wildman–Crippen LogP) is 2.00. The summed E-state index contributed by atoms with van der Waals surface area (Å²) in [6, 6.07) is 0. The zero-order valence-electron chi connectivity index (χ0n) is 13.0. The SMILES string of the molecule is CC.CCCOCCOCCOCCNC(=O)CC. The smallest absolute Gasteiger partial charge is 0.219 e. The molecule has 5 heteroatoms. The Morgan fingerprint density at radius 1 is 0.842 bits per heavy atom. The van der Waals surface area contributed by atoms with Gasteiger partial charge in [-0.15, -0.1) is 0 Å². The molecule has 0 aromatic heterocycles. The summed E-state index contributed by atoms with van der Waals surface area (Å²) in [6.45, 7) is 12.1. The summed E-state index contributed by atoms with van der Waals surface area (Å²) >= 11 is 0. The molecule has 0 aliphatic carbocycles. The average molecular weight is 277 g/mol. The molecule has 1 N–H and O–H groups in total. The minimum atomic E-state index is 0.0536. The summed E-state index contributed by atoms with van der Waals surface area (Å²) in [7, 11) is 0. The Hall–Kier alpha value is -0.650. The van der Waals surface area contributed by atoms with Crippen molar-refractivity contribution in [1.82, 2.24) is 5.32 Å². The molecule has 0 atom stereocenters. The van der Waals surface area contributed by atoms with E-state index in [2.05, 4.69) is 12.2 Å². The van der Waals surface area contributed by atoms with Gasteiger partial charge >= 0.3 is 0 Å². The van der Waals surface area contributed by atoms with Crippen molar-refractivity contribution >= 4 is 5.91 Å². The van der Waals surface area contributed by atoms with Crippen molar-refractivity contribution in [3.63, 3.8) is 0 Å². The molecule has 0 unspecified atom stereocenters. The van der Waals surface area contributed by atoms with Crippen LogP contribution in [0.15, 0.2) is 0 Å². The highest BCUT2D eigenvalue weighted by atomic mass is 16.5. The van der Waals surface area contributed by atoms with Crippen molar-refractivity contribution < 1.29 is 19.0 Å². The quantitative estimate of drug-likeness (QED) is 0.554. The first kappa shape index (κ1) is 20.7. The summed E-state index contributed by atoms with van der Waals surface area (Å²) in [5.74, 6) is 0.0536. The maximum Gasteiger partial charge on any atom is 0.219 e. The Kier molecular flexibility index (Phi) is 21.4. The van der Waals surface area contributed by atoms with E-state index in [0.29, 0.717) is 46.0 Å². The van der Waals surface area contributed by atoms with Gasteiger partial charge in [-0.1, -0.05) is 27.7 Å². The minimum Gasteiger partial charge on any atom is -0.379 e. The van der Waals surface area contributed by atoms with Gasteiger partial charge in [0.2, 0.25) is 5.91 Å². The number of ether oxygens (including phenoxy) is 3. The Labute approximate surface area is 118 Å². The fourth-order valence-corrected chi connectivity index (χ4v) is 1.07. The highest BCUT2D eigenvalue weighted by Gasteiger charge is 1.95. The summed E-state index contributed by atoms with van der Waals surface area (Å²) < 4.78 is 15.8. The van der Waals surface area contributed by atoms with Gasteiger partial charge in [-0.3, -0.25) is 4.79 Å². The molecule has 0 saturated heterocycles. The predicted molar refractivity (Wildman–Crippen MR) is 77.4 cm³/mol. The summed E-state index contributed by atoms with van der Waals surface area (Å²) in [5, 5.41) is 2.73. The van der Waals surface area contributed by atoms with Gasteiger partial charge in [-0.2, -0.15) is 0 Å². The molecule has 0 heterocycles. The Morgan fingerprint density at radius 2 is 1.32 bits per heavy atom. The zero-order valence-corrected chi connectivity index (χ0v) is 13.0. The van der Waals surface area contributed by atoms with Crippen molar-refractivity contribution in [2.45, 2.75) is 40.5 Å². The largest absolute Gasteiger partial charge is 0.379 e. The fraction of sp³-hybridized carbons (Fsp3) is 0.929. The van der Waals surface area contributed by atoms with Gasteiger partial charge in [-0.25, -0.2) is 0 Å². The Bertz CT molecular complexity index is 177. The first-order valence-corrected chi connectivity index (χ1v) is 7.31. The maximum atomic E-state index is 10.9. The van der Waals surface area contributed by atoms with E-state index in [1.54, 1.807) is 0 Å². The van der Waals surface area contributed by atoms with Gasteiger partial charge in [0.05, 0.1) is 33.0 Å². The molecule has 0 radical (unpaired) electrons. The topological polar surface area (TPSA) is 56.8 Å². The van der Waals surface area contributed by atoms with E-state index in [-0.39, 0.29) is 5.91 Å². The van der Waals surface area contributed by atoms with Crippen LogP contribution in [-0.2, 0) is 19.0 Å². The molecule has 0 aliphatic heterocycles. The first-order chi connectivity index (χ1) is 9.31. The Morgan fingerprint density at radius 3 is 1.79 bits per heavy atom. The third kappa shape index (κ3) is 19.9. The molecule has 1 amide bonds.